The summed E-state index contributed by atoms with van der Waals surface area (Å²) in [5, 5.41) is 1.22. The zero-order valence-corrected chi connectivity index (χ0v) is 16.6. The standard InChI is InChI=1S/C23H16Cl2N2O/c1-15-4-11-22-21(13-15)27-23(28-22)17-6-9-19(10-7-17)26-12-2-3-16-5-8-18(24)14-20(16)25/h2-14H,1H3/b3-2+,26-12?. The number of hydrogen-bond donors (Lipinski definition) is 0. The van der Waals surface area contributed by atoms with Crippen LogP contribution in [-0.2, 0) is 0 Å². The Kier molecular flexibility index (Phi) is 5.29. The molecule has 0 N–H and O–H groups in total. The molecule has 0 aliphatic rings. The molecule has 3 aromatic carbocycles. The normalized spacial score (nSPS) is 11.8. The van der Waals surface area contributed by atoms with E-state index in [0.717, 1.165) is 33.5 Å². The molecule has 0 atom stereocenters. The van der Waals surface area contributed by atoms with Crippen LogP contribution in [0.4, 0.5) is 5.69 Å². The Labute approximate surface area is 173 Å². The van der Waals surface area contributed by atoms with Crippen molar-refractivity contribution in [3.05, 3.63) is 87.9 Å². The number of aromatic nitrogens is 1. The zero-order chi connectivity index (χ0) is 19.5. The second kappa shape index (κ2) is 8.01. The lowest BCUT2D eigenvalue weighted by molar-refractivity contribution is 0.620. The number of aryl methyl sites for hydroxylation is 1. The van der Waals surface area contributed by atoms with Crippen LogP contribution >= 0.6 is 23.2 Å². The first kappa shape index (κ1) is 18.5. The van der Waals surface area contributed by atoms with E-state index >= 15 is 0 Å². The molecule has 1 aromatic heterocycles. The number of nitrogens with zero attached hydrogens (tertiary/aromatic N) is 2. The maximum absolute atomic E-state index is 6.14. The average Bonchev–Trinajstić information content (AvgIpc) is 3.10. The number of oxazole rings is 1. The smallest absolute Gasteiger partial charge is 0.227 e. The van der Waals surface area contributed by atoms with E-state index in [1.807, 2.05) is 67.6 Å². The Morgan fingerprint density at radius 1 is 0.964 bits per heavy atom. The molecule has 3 nitrogen and oxygen atoms in total. The summed E-state index contributed by atoms with van der Waals surface area (Å²) in [6.45, 7) is 2.04. The lowest BCUT2D eigenvalue weighted by atomic mass is 10.2. The number of halogens is 2. The SMILES string of the molecule is Cc1ccc2oc(-c3ccc(N=C/C=C/c4ccc(Cl)cc4Cl)cc3)nc2c1. The number of rotatable bonds is 4. The van der Waals surface area contributed by atoms with Crippen LogP contribution in [0, 0.1) is 6.92 Å². The van der Waals surface area contributed by atoms with Crippen LogP contribution in [0.5, 0.6) is 0 Å². The monoisotopic (exact) mass is 406 g/mol. The van der Waals surface area contributed by atoms with Gasteiger partial charge in [-0.3, -0.25) is 4.99 Å². The van der Waals surface area contributed by atoms with Crippen LogP contribution < -0.4 is 0 Å². The highest BCUT2D eigenvalue weighted by molar-refractivity contribution is 6.35. The maximum Gasteiger partial charge on any atom is 0.227 e. The minimum Gasteiger partial charge on any atom is -0.436 e. The van der Waals surface area contributed by atoms with Gasteiger partial charge in [0.05, 0.1) is 5.69 Å². The van der Waals surface area contributed by atoms with Gasteiger partial charge in [-0.25, -0.2) is 4.98 Å². The van der Waals surface area contributed by atoms with Gasteiger partial charge in [0.2, 0.25) is 5.89 Å². The molecular weight excluding hydrogens is 391 g/mol. The molecule has 28 heavy (non-hydrogen) atoms. The van der Waals surface area contributed by atoms with Gasteiger partial charge in [-0.1, -0.05) is 41.4 Å². The minimum absolute atomic E-state index is 0.605. The first-order chi connectivity index (χ1) is 13.6. The third kappa shape index (κ3) is 4.16. The van der Waals surface area contributed by atoms with Crippen molar-refractivity contribution in [2.75, 3.05) is 0 Å². The van der Waals surface area contributed by atoms with Crippen LogP contribution in [-0.4, -0.2) is 11.2 Å². The Morgan fingerprint density at radius 3 is 2.57 bits per heavy atom. The fourth-order valence-corrected chi connectivity index (χ4v) is 3.23. The lowest BCUT2D eigenvalue weighted by Crippen LogP contribution is -1.77. The van der Waals surface area contributed by atoms with E-state index in [-0.39, 0.29) is 0 Å². The highest BCUT2D eigenvalue weighted by Crippen LogP contribution is 2.26. The van der Waals surface area contributed by atoms with Crippen molar-refractivity contribution in [1.29, 1.82) is 0 Å². The quantitative estimate of drug-likeness (QED) is 0.328. The van der Waals surface area contributed by atoms with Gasteiger partial charge in [0.1, 0.15) is 5.52 Å². The van der Waals surface area contributed by atoms with E-state index in [1.54, 1.807) is 18.3 Å². The summed E-state index contributed by atoms with van der Waals surface area (Å²) in [5.41, 5.74) is 5.44. The van der Waals surface area contributed by atoms with Crippen molar-refractivity contribution in [3.8, 4) is 11.5 Å². The molecule has 0 unspecified atom stereocenters. The molecule has 5 heteroatoms. The predicted octanol–water partition coefficient (Wildman–Crippen LogP) is 7.53. The Bertz CT molecular complexity index is 1190. The molecule has 4 aromatic rings. The highest BCUT2D eigenvalue weighted by Gasteiger charge is 2.08. The summed E-state index contributed by atoms with van der Waals surface area (Å²) >= 11 is 12.0. The van der Waals surface area contributed by atoms with Gasteiger partial charge in [0.15, 0.2) is 5.58 Å². The molecule has 0 radical (unpaired) electrons. The van der Waals surface area contributed by atoms with Gasteiger partial charge in [-0.2, -0.15) is 0 Å². The van der Waals surface area contributed by atoms with Crippen molar-refractivity contribution in [2.24, 2.45) is 4.99 Å². The summed E-state index contributed by atoms with van der Waals surface area (Å²) < 4.78 is 5.83. The van der Waals surface area contributed by atoms with Crippen molar-refractivity contribution in [1.82, 2.24) is 4.98 Å². The van der Waals surface area contributed by atoms with Crippen LogP contribution in [0.25, 0.3) is 28.6 Å². The Morgan fingerprint density at radius 2 is 1.79 bits per heavy atom. The van der Waals surface area contributed by atoms with E-state index in [9.17, 15) is 0 Å². The molecule has 0 aliphatic carbocycles. The summed E-state index contributed by atoms with van der Waals surface area (Å²) in [6, 6.07) is 19.1. The van der Waals surface area contributed by atoms with Crippen molar-refractivity contribution < 1.29 is 4.42 Å². The average molecular weight is 407 g/mol. The number of allylic oxidation sites excluding steroid dienone is 1. The van der Waals surface area contributed by atoms with Gasteiger partial charge < -0.3 is 4.42 Å². The van der Waals surface area contributed by atoms with E-state index in [0.29, 0.717) is 15.9 Å². The largest absolute Gasteiger partial charge is 0.436 e. The van der Waals surface area contributed by atoms with E-state index < -0.39 is 0 Å². The summed E-state index contributed by atoms with van der Waals surface area (Å²) in [5.74, 6) is 0.605. The number of fused-ring (bicyclic) bond motifs is 1. The van der Waals surface area contributed by atoms with Gasteiger partial charge >= 0.3 is 0 Å². The molecule has 0 amide bonds. The molecule has 0 aliphatic heterocycles. The highest BCUT2D eigenvalue weighted by atomic mass is 35.5. The van der Waals surface area contributed by atoms with Gasteiger partial charge in [0, 0.05) is 21.8 Å². The van der Waals surface area contributed by atoms with Crippen molar-refractivity contribution in [3.63, 3.8) is 0 Å². The van der Waals surface area contributed by atoms with Crippen LogP contribution in [0.3, 0.4) is 0 Å². The number of aliphatic imine (C=N–C) groups is 1. The first-order valence-corrected chi connectivity index (χ1v) is 9.47. The third-order valence-corrected chi connectivity index (χ3v) is 4.77. The molecule has 1 heterocycles. The maximum atomic E-state index is 6.14. The second-order valence-electron chi connectivity index (χ2n) is 6.34. The molecule has 0 bridgehead atoms. The fourth-order valence-electron chi connectivity index (χ4n) is 2.76. The second-order valence-corrected chi connectivity index (χ2v) is 7.18. The van der Waals surface area contributed by atoms with Gasteiger partial charge in [-0.05, 0) is 72.7 Å². The van der Waals surface area contributed by atoms with Crippen molar-refractivity contribution in [2.45, 2.75) is 6.92 Å². The van der Waals surface area contributed by atoms with Crippen LogP contribution in [0.15, 0.2) is 76.1 Å². The third-order valence-electron chi connectivity index (χ3n) is 4.21. The number of benzene rings is 3. The van der Waals surface area contributed by atoms with Gasteiger partial charge in [-0.15, -0.1) is 0 Å². The molecule has 0 saturated heterocycles. The van der Waals surface area contributed by atoms with Crippen molar-refractivity contribution >= 4 is 52.3 Å². The summed E-state index contributed by atoms with van der Waals surface area (Å²) in [6.07, 6.45) is 5.45. The Balaban J connectivity index is 1.48. The predicted molar refractivity (Wildman–Crippen MR) is 118 cm³/mol. The topological polar surface area (TPSA) is 38.4 Å². The molecule has 0 fully saturated rings. The molecule has 138 valence electrons. The fraction of sp³-hybridized carbons (Fsp3) is 0.0435. The molecule has 0 saturated carbocycles. The van der Waals surface area contributed by atoms with Crippen LogP contribution in [0.2, 0.25) is 10.0 Å². The molecule has 4 rings (SSSR count). The summed E-state index contributed by atoms with van der Waals surface area (Å²) in [7, 11) is 0. The summed E-state index contributed by atoms with van der Waals surface area (Å²) in [4.78, 5) is 8.98. The van der Waals surface area contributed by atoms with Crippen LogP contribution in [0.1, 0.15) is 11.1 Å². The lowest BCUT2D eigenvalue weighted by Gasteiger charge is -1.98. The van der Waals surface area contributed by atoms with E-state index in [1.165, 1.54) is 0 Å². The Hall–Kier alpha value is -2.88. The zero-order valence-electron chi connectivity index (χ0n) is 15.1. The van der Waals surface area contributed by atoms with E-state index in [4.69, 9.17) is 27.6 Å². The minimum atomic E-state index is 0.605. The molecular formula is C23H16Cl2N2O. The first-order valence-electron chi connectivity index (χ1n) is 8.72. The number of hydrogen-bond acceptors (Lipinski definition) is 3. The van der Waals surface area contributed by atoms with Gasteiger partial charge in [0.25, 0.3) is 0 Å². The molecule has 0 spiro atoms. The van der Waals surface area contributed by atoms with E-state index in [2.05, 4.69) is 9.98 Å².